The van der Waals surface area contributed by atoms with Crippen LogP contribution in [0.1, 0.15) is 52.0 Å². The van der Waals surface area contributed by atoms with Crippen molar-refractivity contribution in [3.8, 4) is 5.75 Å². The van der Waals surface area contributed by atoms with Gasteiger partial charge in [0, 0.05) is 5.56 Å². The van der Waals surface area contributed by atoms with Gasteiger partial charge >= 0.3 is 11.9 Å². The molecular formula is C31H28N2O6S. The smallest absolute Gasteiger partial charge is 0.337 e. The molecule has 1 aliphatic rings. The maximum Gasteiger partial charge on any atom is 0.337 e. The number of amides is 1. The number of aliphatic hydroxyl groups is 1. The summed E-state index contributed by atoms with van der Waals surface area (Å²) in [5.41, 5.74) is 3.87. The number of methoxy groups -OCH3 is 1. The van der Waals surface area contributed by atoms with Crippen molar-refractivity contribution in [2.75, 3.05) is 18.6 Å². The van der Waals surface area contributed by atoms with E-state index in [1.807, 2.05) is 32.9 Å². The van der Waals surface area contributed by atoms with Gasteiger partial charge in [-0.2, -0.15) is 0 Å². The summed E-state index contributed by atoms with van der Waals surface area (Å²) in [5, 5.41) is 11.8. The van der Waals surface area contributed by atoms with E-state index in [4.69, 9.17) is 14.5 Å². The number of hydrogen-bond donors (Lipinski definition) is 1. The molecule has 9 heteroatoms. The number of esters is 1. The lowest BCUT2D eigenvalue weighted by Crippen LogP contribution is -2.29. The lowest BCUT2D eigenvalue weighted by molar-refractivity contribution is -0.132. The van der Waals surface area contributed by atoms with E-state index in [0.29, 0.717) is 34.2 Å². The first-order chi connectivity index (χ1) is 19.2. The van der Waals surface area contributed by atoms with Gasteiger partial charge in [0.05, 0.1) is 41.1 Å². The van der Waals surface area contributed by atoms with E-state index in [1.165, 1.54) is 23.3 Å². The Morgan fingerprint density at radius 2 is 1.80 bits per heavy atom. The van der Waals surface area contributed by atoms with Gasteiger partial charge in [0.1, 0.15) is 11.5 Å². The molecule has 1 N–H and O–H groups in total. The Kier molecular flexibility index (Phi) is 7.40. The summed E-state index contributed by atoms with van der Waals surface area (Å²) in [6.45, 7) is 6.42. The molecule has 0 saturated carbocycles. The van der Waals surface area contributed by atoms with Gasteiger partial charge in [-0.25, -0.2) is 9.78 Å². The molecule has 204 valence electrons. The monoisotopic (exact) mass is 556 g/mol. The normalized spacial score (nSPS) is 16.5. The SMILES string of the molecule is CCCOc1cccc(/C(O)=C2\C(=O)C(=O)N(c3nc4c(C)cc(C)cc4s3)C2c2ccc(C(=O)OC)cc2)c1. The van der Waals surface area contributed by atoms with Crippen molar-refractivity contribution in [1.82, 2.24) is 4.98 Å². The number of hydrogen-bond acceptors (Lipinski definition) is 8. The van der Waals surface area contributed by atoms with Gasteiger partial charge in [0.15, 0.2) is 5.13 Å². The fraction of sp³-hybridized carbons (Fsp3) is 0.226. The van der Waals surface area contributed by atoms with Gasteiger partial charge in [-0.1, -0.05) is 48.6 Å². The second-order valence-corrected chi connectivity index (χ2v) is 10.6. The van der Waals surface area contributed by atoms with Crippen LogP contribution in [0.5, 0.6) is 5.75 Å². The average Bonchev–Trinajstić information content (AvgIpc) is 3.49. The molecule has 0 radical (unpaired) electrons. The molecule has 1 aliphatic heterocycles. The fourth-order valence-electron chi connectivity index (χ4n) is 4.84. The van der Waals surface area contributed by atoms with Crippen LogP contribution in [0, 0.1) is 13.8 Å². The molecule has 1 atom stereocenters. The minimum absolute atomic E-state index is 0.0735. The zero-order valence-electron chi connectivity index (χ0n) is 22.6. The average molecular weight is 557 g/mol. The van der Waals surface area contributed by atoms with Gasteiger partial charge < -0.3 is 14.6 Å². The summed E-state index contributed by atoms with van der Waals surface area (Å²) < 4.78 is 11.4. The van der Waals surface area contributed by atoms with Crippen molar-refractivity contribution in [2.45, 2.75) is 33.2 Å². The van der Waals surface area contributed by atoms with Crippen molar-refractivity contribution < 1.29 is 29.0 Å². The summed E-state index contributed by atoms with van der Waals surface area (Å²) in [6, 6.07) is 16.2. The molecule has 40 heavy (non-hydrogen) atoms. The molecule has 3 aromatic carbocycles. The predicted octanol–water partition coefficient (Wildman–Crippen LogP) is 6.11. The molecule has 1 saturated heterocycles. The van der Waals surface area contributed by atoms with E-state index in [2.05, 4.69) is 0 Å². The Hall–Kier alpha value is -4.50. The highest BCUT2D eigenvalue weighted by Gasteiger charge is 2.48. The molecule has 4 aromatic rings. The largest absolute Gasteiger partial charge is 0.507 e. The van der Waals surface area contributed by atoms with Gasteiger partial charge in [-0.15, -0.1) is 0 Å². The van der Waals surface area contributed by atoms with E-state index < -0.39 is 23.7 Å². The Balaban J connectivity index is 1.69. The first-order valence-corrected chi connectivity index (χ1v) is 13.7. The molecule has 1 fully saturated rings. The van der Waals surface area contributed by atoms with E-state index >= 15 is 0 Å². The lowest BCUT2D eigenvalue weighted by atomic mass is 9.94. The highest BCUT2D eigenvalue weighted by molar-refractivity contribution is 7.22. The number of nitrogens with zero attached hydrogens (tertiary/aromatic N) is 2. The Morgan fingerprint density at radius 1 is 1.05 bits per heavy atom. The van der Waals surface area contributed by atoms with Gasteiger partial charge in [-0.05, 0) is 67.3 Å². The number of aromatic nitrogens is 1. The number of ketones is 1. The number of ether oxygens (including phenoxy) is 2. The number of carbonyl (C=O) groups excluding carboxylic acids is 3. The number of Topliss-reactive ketones (excluding diaryl/α,β-unsaturated/α-hetero) is 1. The third-order valence-corrected chi connectivity index (χ3v) is 7.70. The summed E-state index contributed by atoms with van der Waals surface area (Å²) in [6.07, 6.45) is 0.810. The van der Waals surface area contributed by atoms with Crippen LogP contribution in [0.2, 0.25) is 0 Å². The third-order valence-electron chi connectivity index (χ3n) is 6.70. The minimum atomic E-state index is -0.978. The zero-order valence-corrected chi connectivity index (χ0v) is 23.4. The Labute approximate surface area is 235 Å². The highest BCUT2D eigenvalue weighted by atomic mass is 32.1. The van der Waals surface area contributed by atoms with Crippen molar-refractivity contribution in [3.05, 3.63) is 94.1 Å². The minimum Gasteiger partial charge on any atom is -0.507 e. The number of thiazole rings is 1. The quantitative estimate of drug-likeness (QED) is 0.127. The van der Waals surface area contributed by atoms with Gasteiger partial charge in [0.25, 0.3) is 5.78 Å². The van der Waals surface area contributed by atoms with E-state index in [1.54, 1.807) is 48.5 Å². The summed E-state index contributed by atoms with van der Waals surface area (Å²) >= 11 is 1.30. The molecule has 1 aromatic heterocycles. The number of benzene rings is 3. The first kappa shape index (κ1) is 27.1. The van der Waals surface area contributed by atoms with Crippen LogP contribution in [0.4, 0.5) is 5.13 Å². The van der Waals surface area contributed by atoms with Crippen LogP contribution < -0.4 is 9.64 Å². The van der Waals surface area contributed by atoms with Crippen LogP contribution in [0.25, 0.3) is 16.0 Å². The number of aliphatic hydroxyl groups excluding tert-OH is 1. The predicted molar refractivity (Wildman–Crippen MR) is 154 cm³/mol. The summed E-state index contributed by atoms with van der Waals surface area (Å²) in [7, 11) is 1.29. The molecule has 8 nitrogen and oxygen atoms in total. The van der Waals surface area contributed by atoms with Crippen LogP contribution in [-0.2, 0) is 14.3 Å². The van der Waals surface area contributed by atoms with Crippen molar-refractivity contribution >= 4 is 50.1 Å². The molecular weight excluding hydrogens is 528 g/mol. The van der Waals surface area contributed by atoms with Crippen LogP contribution in [0.3, 0.4) is 0 Å². The first-order valence-electron chi connectivity index (χ1n) is 12.8. The third kappa shape index (κ3) is 4.84. The Bertz CT molecular complexity index is 1670. The molecule has 0 bridgehead atoms. The lowest BCUT2D eigenvalue weighted by Gasteiger charge is -2.23. The fourth-order valence-corrected chi connectivity index (χ4v) is 6.00. The number of fused-ring (bicyclic) bond motifs is 1. The second-order valence-electron chi connectivity index (χ2n) is 9.58. The van der Waals surface area contributed by atoms with Crippen LogP contribution in [0.15, 0.2) is 66.2 Å². The number of anilines is 1. The molecule has 5 rings (SSSR count). The molecule has 2 heterocycles. The van der Waals surface area contributed by atoms with Crippen LogP contribution in [-0.4, -0.2) is 41.5 Å². The molecule has 1 unspecified atom stereocenters. The number of carbonyl (C=O) groups is 3. The zero-order chi connectivity index (χ0) is 28.6. The van der Waals surface area contributed by atoms with E-state index in [0.717, 1.165) is 27.8 Å². The summed E-state index contributed by atoms with van der Waals surface area (Å²) in [4.78, 5) is 45.3. The molecule has 0 aliphatic carbocycles. The molecule has 1 amide bonds. The van der Waals surface area contributed by atoms with E-state index in [-0.39, 0.29) is 11.3 Å². The van der Waals surface area contributed by atoms with Crippen molar-refractivity contribution in [1.29, 1.82) is 0 Å². The number of rotatable bonds is 7. The summed E-state index contributed by atoms with van der Waals surface area (Å²) in [5.74, 6) is -1.92. The second kappa shape index (κ2) is 10.9. The van der Waals surface area contributed by atoms with Crippen molar-refractivity contribution in [3.63, 3.8) is 0 Å². The topological polar surface area (TPSA) is 106 Å². The van der Waals surface area contributed by atoms with E-state index in [9.17, 15) is 19.5 Å². The van der Waals surface area contributed by atoms with Crippen molar-refractivity contribution in [2.24, 2.45) is 0 Å². The highest BCUT2D eigenvalue weighted by Crippen LogP contribution is 2.45. The Morgan fingerprint density at radius 3 is 2.50 bits per heavy atom. The van der Waals surface area contributed by atoms with Gasteiger partial charge in [-0.3, -0.25) is 14.5 Å². The van der Waals surface area contributed by atoms with Gasteiger partial charge in [0.2, 0.25) is 0 Å². The standard InChI is InChI=1S/C31H28N2O6S/c1-5-13-39-22-8-6-7-21(16-22)27(34)24-26(19-9-11-20(12-10-19)30(37)38-4)33(29(36)28(24)35)31-32-25-18(3)14-17(2)15-23(25)40-31/h6-12,14-16,26,34H,5,13H2,1-4H3/b27-24+. The molecule has 0 spiro atoms. The maximum absolute atomic E-state index is 13.6. The van der Waals surface area contributed by atoms with Crippen LogP contribution >= 0.6 is 11.3 Å². The number of aryl methyl sites for hydroxylation is 2. The maximum atomic E-state index is 13.6.